The monoisotopic (exact) mass is 581 g/mol. The molecule has 2 aromatic heterocycles. The van der Waals surface area contributed by atoms with Crippen LogP contribution in [-0.4, -0.2) is 99.9 Å². The van der Waals surface area contributed by atoms with Crippen LogP contribution in [0, 0.1) is 0 Å². The maximum absolute atomic E-state index is 12.2. The average Bonchev–Trinajstić information content (AvgIpc) is 3.45. The van der Waals surface area contributed by atoms with Gasteiger partial charge in [-0.25, -0.2) is 14.8 Å². The third-order valence-electron chi connectivity index (χ3n) is 6.01. The van der Waals surface area contributed by atoms with Gasteiger partial charge in [0, 0.05) is 18.4 Å². The zero-order valence-electron chi connectivity index (χ0n) is 22.3. The van der Waals surface area contributed by atoms with E-state index >= 15 is 0 Å². The van der Waals surface area contributed by atoms with E-state index in [2.05, 4.69) is 37.8 Å². The Balaban J connectivity index is 1.79. The summed E-state index contributed by atoms with van der Waals surface area (Å²) in [5.41, 5.74) is 0.666. The van der Waals surface area contributed by atoms with E-state index in [1.165, 1.54) is 16.4 Å². The summed E-state index contributed by atoms with van der Waals surface area (Å²) in [5.74, 6) is -2.53. The van der Waals surface area contributed by atoms with Crippen LogP contribution in [0.1, 0.15) is 58.6 Å². The van der Waals surface area contributed by atoms with Crippen molar-refractivity contribution in [2.75, 3.05) is 17.6 Å². The Bertz CT molecular complexity index is 1210. The fourth-order valence-corrected chi connectivity index (χ4v) is 4.64. The Kier molecular flexibility index (Phi) is 11.6. The number of carboxylic acid groups (broad SMARTS) is 2. The van der Waals surface area contributed by atoms with E-state index in [4.69, 9.17) is 14.9 Å². The smallest absolute Gasteiger partial charge is 0.326 e. The normalized spacial score (nSPS) is 21.6. The third kappa shape index (κ3) is 8.09. The van der Waals surface area contributed by atoms with Gasteiger partial charge >= 0.3 is 11.9 Å². The van der Waals surface area contributed by atoms with Gasteiger partial charge in [-0.15, -0.1) is 5.10 Å². The van der Waals surface area contributed by atoms with Gasteiger partial charge in [-0.1, -0.05) is 50.1 Å². The summed E-state index contributed by atoms with van der Waals surface area (Å²) in [6, 6.07) is -1.64. The molecule has 3 heterocycles. The molecule has 1 fully saturated rings. The van der Waals surface area contributed by atoms with E-state index in [0.29, 0.717) is 28.7 Å². The van der Waals surface area contributed by atoms with Crippen LogP contribution in [0.5, 0.6) is 0 Å². The molecule has 0 spiro atoms. The number of hydrogen-bond acceptors (Lipinski definition) is 12. The van der Waals surface area contributed by atoms with E-state index in [1.54, 1.807) is 0 Å². The Labute approximate surface area is 234 Å². The lowest BCUT2D eigenvalue weighted by molar-refractivity contribution is -0.146. The number of carbonyl (C=O) groups is 3. The molecule has 1 amide bonds. The van der Waals surface area contributed by atoms with Gasteiger partial charge in [0.2, 0.25) is 5.91 Å². The zero-order valence-corrected chi connectivity index (χ0v) is 23.1. The van der Waals surface area contributed by atoms with Crippen molar-refractivity contribution in [2.45, 2.75) is 88.1 Å². The number of unbranched alkanes of at least 4 members (excludes halogenated alkanes) is 3. The van der Waals surface area contributed by atoms with Gasteiger partial charge in [-0.05, 0) is 18.9 Å². The Hall–Kier alpha value is -3.34. The lowest BCUT2D eigenvalue weighted by Crippen LogP contribution is -2.41. The van der Waals surface area contributed by atoms with Crippen molar-refractivity contribution >= 4 is 46.6 Å². The quantitative estimate of drug-likeness (QED) is 0.0703. The molecule has 3 rings (SSSR count). The molecule has 0 saturated carbocycles. The Morgan fingerprint density at radius 3 is 2.55 bits per heavy atom. The molecule has 2 aromatic rings. The van der Waals surface area contributed by atoms with Gasteiger partial charge < -0.3 is 35.8 Å². The van der Waals surface area contributed by atoms with Crippen LogP contribution >= 0.6 is 11.8 Å². The van der Waals surface area contributed by atoms with Gasteiger partial charge in [-0.2, -0.15) is 4.68 Å². The maximum atomic E-state index is 12.2. The number of fused-ring (bicyclic) bond motifs is 1. The number of thioether (sulfide) groups is 1. The minimum atomic E-state index is -1.64. The molecule has 0 aliphatic carbocycles. The average molecular weight is 582 g/mol. The van der Waals surface area contributed by atoms with E-state index in [1.807, 2.05) is 6.92 Å². The number of amides is 1. The van der Waals surface area contributed by atoms with Crippen molar-refractivity contribution < 1.29 is 39.5 Å². The zero-order chi connectivity index (χ0) is 29.2. The number of carbonyl (C=O) groups excluding carboxylic acids is 1. The molecule has 0 radical (unpaired) electrons. The van der Waals surface area contributed by atoms with Crippen LogP contribution in [-0.2, 0) is 19.1 Å². The highest BCUT2D eigenvalue weighted by Crippen LogP contribution is 2.33. The minimum Gasteiger partial charge on any atom is -0.481 e. The number of ether oxygens (including phenoxy) is 1. The number of nitrogens with one attached hydrogen (secondary N) is 2. The molecule has 15 nitrogen and oxygen atoms in total. The fourth-order valence-electron chi connectivity index (χ4n) is 3.94. The van der Waals surface area contributed by atoms with E-state index in [9.17, 15) is 24.6 Å². The van der Waals surface area contributed by atoms with E-state index in [-0.39, 0.29) is 0 Å². The number of anilines is 1. The van der Waals surface area contributed by atoms with Crippen LogP contribution in [0.25, 0.3) is 11.2 Å². The molecule has 5 atom stereocenters. The van der Waals surface area contributed by atoms with Gasteiger partial charge in [0.05, 0.1) is 6.42 Å². The first-order valence-electron chi connectivity index (χ1n) is 13.1. The van der Waals surface area contributed by atoms with Crippen molar-refractivity contribution in [1.82, 2.24) is 30.3 Å². The number of aromatic nitrogens is 5. The van der Waals surface area contributed by atoms with Crippen molar-refractivity contribution in [3.63, 3.8) is 0 Å². The molecule has 0 bridgehead atoms. The molecular formula is C24H35N7O8S. The summed E-state index contributed by atoms with van der Waals surface area (Å²) < 4.78 is 7.04. The lowest BCUT2D eigenvalue weighted by atomic mass is 10.1. The molecule has 1 aliphatic heterocycles. The minimum absolute atomic E-state index is 0.293. The van der Waals surface area contributed by atoms with Gasteiger partial charge in [0.1, 0.15) is 24.4 Å². The first kappa shape index (κ1) is 31.2. The number of hydrogen-bond donors (Lipinski definition) is 6. The molecular weight excluding hydrogens is 546 g/mol. The first-order valence-corrected chi connectivity index (χ1v) is 14.1. The largest absolute Gasteiger partial charge is 0.481 e. The second-order valence-corrected chi connectivity index (χ2v) is 10.3. The third-order valence-corrected chi connectivity index (χ3v) is 7.06. The Morgan fingerprint density at radius 1 is 1.10 bits per heavy atom. The van der Waals surface area contributed by atoms with Gasteiger partial charge in [-0.3, -0.25) is 9.59 Å². The number of nitrogens with zero attached hydrogens (tertiary/aromatic N) is 5. The summed E-state index contributed by atoms with van der Waals surface area (Å²) in [5, 5.41) is 53.4. The molecule has 40 heavy (non-hydrogen) atoms. The van der Waals surface area contributed by atoms with Crippen LogP contribution in [0.3, 0.4) is 0 Å². The second kappa shape index (κ2) is 14.9. The molecule has 220 valence electrons. The highest BCUT2D eigenvalue weighted by molar-refractivity contribution is 7.99. The van der Waals surface area contributed by atoms with Crippen LogP contribution in [0.2, 0.25) is 0 Å². The molecule has 1 aliphatic rings. The summed E-state index contributed by atoms with van der Waals surface area (Å²) in [6.45, 7) is 4.86. The van der Waals surface area contributed by atoms with Gasteiger partial charge in [0.15, 0.2) is 28.4 Å². The number of aliphatic hydroxyl groups is 2. The highest BCUT2D eigenvalue weighted by Gasteiger charge is 2.44. The first-order chi connectivity index (χ1) is 19.2. The number of aliphatic carboxylic acids is 2. The predicted octanol–water partition coefficient (Wildman–Crippen LogP) is 0.935. The number of rotatable bonds is 16. The summed E-state index contributed by atoms with van der Waals surface area (Å²) >= 11 is 1.46. The SMILES string of the molecule is CCCCCCNc1nc(SCCC)nc2c1nnn2[C@@H]1O[C@H](/C=C/C(=O)N[C@H](CC(=O)O)C(=O)O)[C@@H](O)[C@H]1O. The highest BCUT2D eigenvalue weighted by atomic mass is 32.2. The predicted molar refractivity (Wildman–Crippen MR) is 144 cm³/mol. The van der Waals surface area contributed by atoms with Crippen LogP contribution in [0.4, 0.5) is 5.82 Å². The number of carboxylic acids is 2. The van der Waals surface area contributed by atoms with E-state index in [0.717, 1.165) is 50.0 Å². The standard InChI is InChI=1S/C24H35N7O8S/c1-3-5-6-7-10-25-20-17-21(28-24(27-20)40-11-4-2)31(30-29-17)22-19(36)18(35)14(39-22)8-9-15(32)26-13(23(37)38)12-16(33)34/h8-9,13-14,18-19,22,35-36H,3-7,10-12H2,1-2H3,(H,26,32)(H,33,34)(H,37,38)(H,25,27,28)/b9-8+/t13-,14-,18-,19-,22-/m1/s1. The topological polar surface area (TPSA) is 222 Å². The molecule has 0 unspecified atom stereocenters. The lowest BCUT2D eigenvalue weighted by Gasteiger charge is -2.15. The maximum Gasteiger partial charge on any atom is 0.326 e. The summed E-state index contributed by atoms with van der Waals surface area (Å²) in [6.07, 6.45) is 1.12. The summed E-state index contributed by atoms with van der Waals surface area (Å²) in [7, 11) is 0. The van der Waals surface area contributed by atoms with Crippen molar-refractivity contribution in [3.05, 3.63) is 12.2 Å². The van der Waals surface area contributed by atoms with Crippen LogP contribution in [0.15, 0.2) is 17.3 Å². The Morgan fingerprint density at radius 2 is 1.88 bits per heavy atom. The number of aliphatic hydroxyl groups excluding tert-OH is 2. The molecule has 0 aromatic carbocycles. The van der Waals surface area contributed by atoms with Crippen molar-refractivity contribution in [1.29, 1.82) is 0 Å². The molecule has 16 heteroatoms. The van der Waals surface area contributed by atoms with Gasteiger partial charge in [0.25, 0.3) is 0 Å². The second-order valence-electron chi connectivity index (χ2n) is 9.23. The molecule has 1 saturated heterocycles. The van der Waals surface area contributed by atoms with Crippen molar-refractivity contribution in [3.8, 4) is 0 Å². The molecule has 6 N–H and O–H groups in total. The fraction of sp³-hybridized carbons (Fsp3) is 0.625. The summed E-state index contributed by atoms with van der Waals surface area (Å²) in [4.78, 5) is 43.3. The van der Waals surface area contributed by atoms with Crippen molar-refractivity contribution in [2.24, 2.45) is 0 Å². The van der Waals surface area contributed by atoms with E-state index < -0.39 is 54.8 Å². The van der Waals surface area contributed by atoms with Crippen LogP contribution < -0.4 is 10.6 Å².